The molecule has 0 aromatic heterocycles. The third-order valence-corrected chi connectivity index (χ3v) is 3.15. The number of rotatable bonds is 6. The first-order valence-electron chi connectivity index (χ1n) is 5.23. The first-order chi connectivity index (χ1) is 6.72. The number of alkyl halides is 1. The molecular weight excluding hydrogens is 246 g/mol. The summed E-state index contributed by atoms with van der Waals surface area (Å²) in [5.41, 5.74) is 0. The van der Waals surface area contributed by atoms with Crippen LogP contribution in [0.4, 0.5) is 0 Å². The molecule has 0 aromatic carbocycles. The second-order valence-electron chi connectivity index (χ2n) is 3.94. The molecule has 2 N–H and O–H groups in total. The Labute approximate surface area is 93.4 Å². The van der Waals surface area contributed by atoms with Crippen molar-refractivity contribution < 1.29 is 9.90 Å². The molecule has 0 atom stereocenters. The molecule has 3 nitrogen and oxygen atoms in total. The van der Waals surface area contributed by atoms with E-state index < -0.39 is 0 Å². The van der Waals surface area contributed by atoms with Crippen LogP contribution in [0.3, 0.4) is 0 Å². The van der Waals surface area contributed by atoms with E-state index in [1.807, 2.05) is 0 Å². The van der Waals surface area contributed by atoms with Crippen LogP contribution >= 0.6 is 15.9 Å². The van der Waals surface area contributed by atoms with E-state index in [0.717, 1.165) is 37.6 Å². The van der Waals surface area contributed by atoms with Crippen molar-refractivity contribution in [1.82, 2.24) is 5.32 Å². The molecule has 0 heterocycles. The highest BCUT2D eigenvalue weighted by Crippen LogP contribution is 2.26. The molecule has 0 aromatic rings. The van der Waals surface area contributed by atoms with E-state index in [2.05, 4.69) is 21.2 Å². The van der Waals surface area contributed by atoms with Crippen molar-refractivity contribution in [2.24, 2.45) is 5.92 Å². The van der Waals surface area contributed by atoms with Crippen LogP contribution in [0.1, 0.15) is 32.1 Å². The van der Waals surface area contributed by atoms with Crippen molar-refractivity contribution in [1.29, 1.82) is 0 Å². The fraction of sp³-hybridized carbons (Fsp3) is 0.900. The molecule has 1 aliphatic rings. The van der Waals surface area contributed by atoms with Crippen LogP contribution in [-0.2, 0) is 4.79 Å². The molecule has 1 aliphatic carbocycles. The van der Waals surface area contributed by atoms with E-state index >= 15 is 0 Å². The lowest BCUT2D eigenvalue weighted by Gasteiger charge is -2.31. The molecule has 0 spiro atoms. The largest absolute Gasteiger partial charge is 0.393 e. The van der Waals surface area contributed by atoms with Crippen molar-refractivity contribution in [3.63, 3.8) is 0 Å². The molecule has 0 bridgehead atoms. The molecule has 1 amide bonds. The summed E-state index contributed by atoms with van der Waals surface area (Å²) in [6.45, 7) is 0.740. The fourth-order valence-electron chi connectivity index (χ4n) is 1.59. The minimum Gasteiger partial charge on any atom is -0.393 e. The number of carbonyl (C=O) groups excluding carboxylic acids is 1. The molecule has 14 heavy (non-hydrogen) atoms. The average Bonchev–Trinajstić information content (AvgIpc) is 2.11. The van der Waals surface area contributed by atoms with Crippen molar-refractivity contribution in [2.45, 2.75) is 38.2 Å². The van der Waals surface area contributed by atoms with E-state index in [1.54, 1.807) is 0 Å². The van der Waals surface area contributed by atoms with E-state index in [4.69, 9.17) is 5.11 Å². The number of aliphatic hydroxyl groups excluding tert-OH is 1. The molecule has 0 radical (unpaired) electrons. The predicted octanol–water partition coefficient (Wildman–Crippen LogP) is 1.44. The summed E-state index contributed by atoms with van der Waals surface area (Å²) in [7, 11) is 0. The lowest BCUT2D eigenvalue weighted by Crippen LogP contribution is -2.38. The first-order valence-corrected chi connectivity index (χ1v) is 6.35. The van der Waals surface area contributed by atoms with Gasteiger partial charge in [0.25, 0.3) is 0 Å². The quantitative estimate of drug-likeness (QED) is 0.563. The van der Waals surface area contributed by atoms with Crippen LogP contribution < -0.4 is 5.32 Å². The summed E-state index contributed by atoms with van der Waals surface area (Å²) in [5.74, 6) is 0.650. The van der Waals surface area contributed by atoms with Crippen LogP contribution in [0.2, 0.25) is 0 Å². The van der Waals surface area contributed by atoms with E-state index in [1.165, 1.54) is 0 Å². The Balaban J connectivity index is 1.93. The normalized spacial score (nSPS) is 25.6. The van der Waals surface area contributed by atoms with Gasteiger partial charge in [-0.1, -0.05) is 15.9 Å². The van der Waals surface area contributed by atoms with Crippen LogP contribution in [-0.4, -0.2) is 29.0 Å². The predicted molar refractivity (Wildman–Crippen MR) is 59.4 cm³/mol. The standard InChI is InChI=1S/C10H18BrNO2/c11-4-2-1-3-10(14)12-7-8-5-9(13)6-8/h8-9,13H,1-7H2,(H,12,14). The first kappa shape index (κ1) is 12.0. The van der Waals surface area contributed by atoms with Gasteiger partial charge in [0.1, 0.15) is 0 Å². The van der Waals surface area contributed by atoms with Gasteiger partial charge in [-0.25, -0.2) is 0 Å². The Morgan fingerprint density at radius 3 is 2.71 bits per heavy atom. The maximum absolute atomic E-state index is 11.3. The number of nitrogens with one attached hydrogen (secondary N) is 1. The molecule has 1 fully saturated rings. The van der Waals surface area contributed by atoms with Gasteiger partial charge in [0.2, 0.25) is 5.91 Å². The summed E-state index contributed by atoms with van der Waals surface area (Å²) in [4.78, 5) is 11.3. The van der Waals surface area contributed by atoms with Gasteiger partial charge in [0, 0.05) is 18.3 Å². The lowest BCUT2D eigenvalue weighted by molar-refractivity contribution is -0.121. The maximum atomic E-state index is 11.3. The zero-order chi connectivity index (χ0) is 10.4. The zero-order valence-electron chi connectivity index (χ0n) is 8.34. The topological polar surface area (TPSA) is 49.3 Å². The molecule has 0 saturated heterocycles. The van der Waals surface area contributed by atoms with E-state index in [-0.39, 0.29) is 12.0 Å². The van der Waals surface area contributed by atoms with Gasteiger partial charge < -0.3 is 10.4 Å². The average molecular weight is 264 g/mol. The van der Waals surface area contributed by atoms with Crippen LogP contribution in [0.25, 0.3) is 0 Å². The Morgan fingerprint density at radius 1 is 1.43 bits per heavy atom. The second-order valence-corrected chi connectivity index (χ2v) is 4.73. The Bertz CT molecular complexity index is 181. The fourth-order valence-corrected chi connectivity index (χ4v) is 1.99. The van der Waals surface area contributed by atoms with Crippen molar-refractivity contribution in [2.75, 3.05) is 11.9 Å². The number of unbranched alkanes of at least 4 members (excludes halogenated alkanes) is 1. The summed E-state index contributed by atoms with van der Waals surface area (Å²) in [6, 6.07) is 0. The third-order valence-electron chi connectivity index (χ3n) is 2.59. The molecule has 1 saturated carbocycles. The number of amides is 1. The van der Waals surface area contributed by atoms with E-state index in [0.29, 0.717) is 12.3 Å². The molecule has 4 heteroatoms. The summed E-state index contributed by atoms with van der Waals surface area (Å²) in [6.07, 6.45) is 4.20. The summed E-state index contributed by atoms with van der Waals surface area (Å²) >= 11 is 3.33. The van der Waals surface area contributed by atoms with Crippen molar-refractivity contribution >= 4 is 21.8 Å². The second kappa shape index (κ2) is 6.40. The van der Waals surface area contributed by atoms with Gasteiger partial charge >= 0.3 is 0 Å². The van der Waals surface area contributed by atoms with Gasteiger partial charge in [-0.15, -0.1) is 0 Å². The van der Waals surface area contributed by atoms with Gasteiger partial charge in [0.15, 0.2) is 0 Å². The van der Waals surface area contributed by atoms with Crippen molar-refractivity contribution in [3.8, 4) is 0 Å². The molecule has 1 rings (SSSR count). The molecule has 82 valence electrons. The number of aliphatic hydroxyl groups is 1. The smallest absolute Gasteiger partial charge is 0.220 e. The number of hydrogen-bond acceptors (Lipinski definition) is 2. The molecule has 0 unspecified atom stereocenters. The van der Waals surface area contributed by atoms with Crippen LogP contribution in [0.15, 0.2) is 0 Å². The lowest BCUT2D eigenvalue weighted by atomic mass is 9.82. The highest BCUT2D eigenvalue weighted by atomic mass is 79.9. The highest BCUT2D eigenvalue weighted by Gasteiger charge is 2.26. The van der Waals surface area contributed by atoms with Gasteiger partial charge in [0.05, 0.1) is 6.10 Å². The number of halogens is 1. The van der Waals surface area contributed by atoms with E-state index in [9.17, 15) is 4.79 Å². The van der Waals surface area contributed by atoms with Crippen LogP contribution in [0, 0.1) is 5.92 Å². The minimum atomic E-state index is -0.120. The summed E-state index contributed by atoms with van der Waals surface area (Å²) < 4.78 is 0. The summed E-state index contributed by atoms with van der Waals surface area (Å²) in [5, 5.41) is 12.9. The Kier molecular flexibility index (Phi) is 5.48. The highest BCUT2D eigenvalue weighted by molar-refractivity contribution is 9.09. The monoisotopic (exact) mass is 263 g/mol. The number of carbonyl (C=O) groups is 1. The zero-order valence-corrected chi connectivity index (χ0v) is 9.92. The third kappa shape index (κ3) is 4.42. The van der Waals surface area contributed by atoms with Gasteiger partial charge in [-0.3, -0.25) is 4.79 Å². The van der Waals surface area contributed by atoms with Gasteiger partial charge in [-0.05, 0) is 31.6 Å². The van der Waals surface area contributed by atoms with Crippen molar-refractivity contribution in [3.05, 3.63) is 0 Å². The minimum absolute atomic E-state index is 0.120. The van der Waals surface area contributed by atoms with Crippen LogP contribution in [0.5, 0.6) is 0 Å². The Hall–Kier alpha value is -0.0900. The number of hydrogen-bond donors (Lipinski definition) is 2. The molecule has 0 aliphatic heterocycles. The maximum Gasteiger partial charge on any atom is 0.220 e. The molecular formula is C10H18BrNO2. The van der Waals surface area contributed by atoms with Gasteiger partial charge in [-0.2, -0.15) is 0 Å². The Morgan fingerprint density at radius 2 is 2.14 bits per heavy atom. The SMILES string of the molecule is O=C(CCCCBr)NCC1CC(O)C1.